The van der Waals surface area contributed by atoms with Crippen molar-refractivity contribution in [2.24, 2.45) is 0 Å². The van der Waals surface area contributed by atoms with Crippen molar-refractivity contribution in [3.63, 3.8) is 0 Å². The zero-order valence-electron chi connectivity index (χ0n) is 10.1. The summed E-state index contributed by atoms with van der Waals surface area (Å²) in [5, 5.41) is 1.33. The van der Waals surface area contributed by atoms with Crippen LogP contribution in [0.5, 0.6) is 0 Å². The number of rotatable bonds is 8. The van der Waals surface area contributed by atoms with E-state index in [1.165, 1.54) is 55.8 Å². The lowest BCUT2D eigenvalue weighted by Crippen LogP contribution is -2.01. The Bertz CT molecular complexity index is 286. The summed E-state index contributed by atoms with van der Waals surface area (Å²) in [7, 11) is 0.413. The van der Waals surface area contributed by atoms with Gasteiger partial charge in [0.25, 0.3) is 0 Å². The Morgan fingerprint density at radius 1 is 1.00 bits per heavy atom. The van der Waals surface area contributed by atoms with Gasteiger partial charge in [0.05, 0.1) is 0 Å². The van der Waals surface area contributed by atoms with Crippen molar-refractivity contribution < 1.29 is 0 Å². The maximum Gasteiger partial charge on any atom is 0.00687 e. The Labute approximate surface area is 106 Å². The van der Waals surface area contributed by atoms with Crippen LogP contribution in [0.1, 0.15) is 51.0 Å². The predicted octanol–water partition coefficient (Wildman–Crippen LogP) is 5.05. The first kappa shape index (κ1) is 14.0. The first-order valence-corrected chi connectivity index (χ1v) is 8.34. The van der Waals surface area contributed by atoms with E-state index in [1.807, 2.05) is 0 Å². The van der Waals surface area contributed by atoms with E-state index in [0.29, 0.717) is 7.93 Å². The fourth-order valence-electron chi connectivity index (χ4n) is 1.93. The Kier molecular flexibility index (Phi) is 7.89. The van der Waals surface area contributed by atoms with Gasteiger partial charge in [-0.15, -0.1) is 0 Å². The maximum absolute atomic E-state index is 5.94. The highest BCUT2D eigenvalue weighted by molar-refractivity contribution is 7.75. The van der Waals surface area contributed by atoms with Crippen LogP contribution >= 0.6 is 19.2 Å². The van der Waals surface area contributed by atoms with Crippen LogP contribution in [-0.4, -0.2) is 0 Å². The molecular weight excluding hydrogens is 235 g/mol. The van der Waals surface area contributed by atoms with Crippen LogP contribution < -0.4 is 5.30 Å². The van der Waals surface area contributed by atoms with E-state index in [0.717, 1.165) is 0 Å². The van der Waals surface area contributed by atoms with Crippen molar-refractivity contribution in [2.75, 3.05) is 0 Å². The van der Waals surface area contributed by atoms with Crippen molar-refractivity contribution in [1.82, 2.24) is 0 Å². The van der Waals surface area contributed by atoms with E-state index in [9.17, 15) is 0 Å². The molecule has 2 heteroatoms. The van der Waals surface area contributed by atoms with Crippen LogP contribution in [0.15, 0.2) is 24.3 Å². The van der Waals surface area contributed by atoms with Crippen molar-refractivity contribution >= 4 is 24.5 Å². The van der Waals surface area contributed by atoms with Gasteiger partial charge in [-0.05, 0) is 23.7 Å². The fourth-order valence-corrected chi connectivity index (χ4v) is 2.97. The van der Waals surface area contributed by atoms with E-state index in [1.54, 1.807) is 0 Å². The average molecular weight is 257 g/mol. The molecule has 0 saturated carbocycles. The van der Waals surface area contributed by atoms with Gasteiger partial charge in [-0.1, -0.05) is 74.5 Å². The zero-order valence-corrected chi connectivity index (χ0v) is 11.9. The molecule has 0 bridgehead atoms. The zero-order chi connectivity index (χ0) is 11.6. The van der Waals surface area contributed by atoms with E-state index in [-0.39, 0.29) is 0 Å². The Hall–Kier alpha value is -0.0600. The smallest absolute Gasteiger partial charge is 0.00687 e. The molecule has 0 aliphatic carbocycles. The van der Waals surface area contributed by atoms with Crippen LogP contribution in [0, 0.1) is 0 Å². The molecule has 1 atom stereocenters. The van der Waals surface area contributed by atoms with Crippen LogP contribution in [-0.2, 0) is 6.42 Å². The highest BCUT2D eigenvalue weighted by Gasteiger charge is 2.00. The topological polar surface area (TPSA) is 0 Å². The predicted molar refractivity (Wildman–Crippen MR) is 77.3 cm³/mol. The molecule has 0 heterocycles. The first-order valence-electron chi connectivity index (χ1n) is 6.33. The summed E-state index contributed by atoms with van der Waals surface area (Å²) >= 11 is 5.94. The van der Waals surface area contributed by atoms with Crippen LogP contribution in [0.3, 0.4) is 0 Å². The highest BCUT2D eigenvalue weighted by atomic mass is 35.7. The molecule has 0 aliphatic rings. The molecule has 0 amide bonds. The summed E-state index contributed by atoms with van der Waals surface area (Å²) in [6.07, 6.45) is 9.37. The van der Waals surface area contributed by atoms with E-state index in [2.05, 4.69) is 31.2 Å². The molecule has 0 saturated heterocycles. The molecule has 0 aliphatic heterocycles. The Morgan fingerprint density at radius 3 is 2.44 bits per heavy atom. The number of aryl methyl sites for hydroxylation is 1. The first-order chi connectivity index (χ1) is 7.88. The number of hydrogen-bond donors (Lipinski definition) is 0. The molecule has 0 spiro atoms. The lowest BCUT2D eigenvalue weighted by molar-refractivity contribution is 0.608. The molecule has 1 aromatic rings. The van der Waals surface area contributed by atoms with Gasteiger partial charge in [0, 0.05) is 7.93 Å². The summed E-state index contributed by atoms with van der Waals surface area (Å²) in [6.45, 7) is 2.26. The fraction of sp³-hybridized carbons (Fsp3) is 0.571. The van der Waals surface area contributed by atoms with Crippen molar-refractivity contribution in [3.8, 4) is 0 Å². The van der Waals surface area contributed by atoms with Gasteiger partial charge in [-0.3, -0.25) is 0 Å². The maximum atomic E-state index is 5.94. The molecule has 0 nitrogen and oxygen atoms in total. The Morgan fingerprint density at radius 2 is 1.69 bits per heavy atom. The molecule has 0 fully saturated rings. The van der Waals surface area contributed by atoms with Gasteiger partial charge in [0.15, 0.2) is 0 Å². The van der Waals surface area contributed by atoms with Gasteiger partial charge < -0.3 is 0 Å². The minimum Gasteiger partial charge on any atom is -0.0948 e. The number of unbranched alkanes of at least 4 members (excludes halogenated alkanes) is 5. The van der Waals surface area contributed by atoms with E-state index in [4.69, 9.17) is 11.2 Å². The largest absolute Gasteiger partial charge is 0.0948 e. The summed E-state index contributed by atoms with van der Waals surface area (Å²) < 4.78 is 0. The molecule has 1 aromatic carbocycles. The van der Waals surface area contributed by atoms with Crippen LogP contribution in [0.2, 0.25) is 0 Å². The highest BCUT2D eigenvalue weighted by Crippen LogP contribution is 2.19. The molecule has 1 unspecified atom stereocenters. The number of hydrogen-bond acceptors (Lipinski definition) is 0. The number of benzene rings is 1. The molecule has 0 radical (unpaired) electrons. The van der Waals surface area contributed by atoms with Crippen LogP contribution in [0.25, 0.3) is 0 Å². The molecule has 0 aromatic heterocycles. The second-order valence-corrected chi connectivity index (χ2v) is 5.56. The Balaban J connectivity index is 2.21. The summed E-state index contributed by atoms with van der Waals surface area (Å²) in [6, 6.07) is 8.57. The van der Waals surface area contributed by atoms with Crippen LogP contribution in [0.4, 0.5) is 0 Å². The number of halogens is 1. The van der Waals surface area contributed by atoms with E-state index >= 15 is 0 Å². The lowest BCUT2D eigenvalue weighted by atomic mass is 10.1. The lowest BCUT2D eigenvalue weighted by Gasteiger charge is -2.06. The second-order valence-electron chi connectivity index (χ2n) is 4.27. The minimum absolute atomic E-state index is 0.413. The third-order valence-electron chi connectivity index (χ3n) is 2.92. The van der Waals surface area contributed by atoms with Gasteiger partial charge in [-0.2, -0.15) is 0 Å². The molecule has 0 N–H and O–H groups in total. The molecular formula is C14H22ClP. The molecule has 90 valence electrons. The van der Waals surface area contributed by atoms with Crippen molar-refractivity contribution in [3.05, 3.63) is 29.8 Å². The van der Waals surface area contributed by atoms with Gasteiger partial charge in [0.1, 0.15) is 0 Å². The summed E-state index contributed by atoms with van der Waals surface area (Å²) in [4.78, 5) is 0. The third kappa shape index (κ3) is 5.32. The standard InChI is InChI=1S/C14H22ClP/c1-2-3-4-5-6-7-10-13-11-8-9-12-14(13)16-15/h8-9,11-12,16H,2-7,10H2,1H3. The monoisotopic (exact) mass is 256 g/mol. The third-order valence-corrected chi connectivity index (χ3v) is 4.22. The summed E-state index contributed by atoms with van der Waals surface area (Å²) in [5.41, 5.74) is 1.45. The van der Waals surface area contributed by atoms with Gasteiger partial charge in [-0.25, -0.2) is 0 Å². The summed E-state index contributed by atoms with van der Waals surface area (Å²) in [5.74, 6) is 0. The van der Waals surface area contributed by atoms with E-state index < -0.39 is 0 Å². The molecule has 1 rings (SSSR count). The normalized spacial score (nSPS) is 11.4. The SMILES string of the molecule is CCCCCCCCc1ccccc1PCl. The minimum atomic E-state index is 0.413. The van der Waals surface area contributed by atoms with Crippen molar-refractivity contribution in [1.29, 1.82) is 0 Å². The van der Waals surface area contributed by atoms with Crippen molar-refractivity contribution in [2.45, 2.75) is 51.9 Å². The quantitative estimate of drug-likeness (QED) is 0.451. The van der Waals surface area contributed by atoms with Gasteiger partial charge in [0.2, 0.25) is 0 Å². The van der Waals surface area contributed by atoms with Gasteiger partial charge >= 0.3 is 0 Å². The second kappa shape index (κ2) is 9.02. The average Bonchev–Trinajstić information content (AvgIpc) is 2.34. The molecule has 16 heavy (non-hydrogen) atoms.